The number of carbonyl (C=O) groups is 1. The number of para-hydroxylation sites is 1. The lowest BCUT2D eigenvalue weighted by atomic mass is 9.84. The largest absolute Gasteiger partial charge is 0.490 e. The van der Waals surface area contributed by atoms with Gasteiger partial charge in [-0.3, -0.25) is 10.1 Å². The van der Waals surface area contributed by atoms with E-state index in [0.29, 0.717) is 5.56 Å². The first-order chi connectivity index (χ1) is 14.7. The van der Waals surface area contributed by atoms with Crippen molar-refractivity contribution < 1.29 is 19.2 Å². The number of cyclic esters (lactones) is 1. The number of nitro benzene ring substituents is 1. The number of hydrogen-bond acceptors (Lipinski definition) is 7. The maximum atomic E-state index is 12.4. The zero-order valence-electron chi connectivity index (χ0n) is 17.6. The summed E-state index contributed by atoms with van der Waals surface area (Å²) in [7, 11) is 3.33. The summed E-state index contributed by atoms with van der Waals surface area (Å²) >= 11 is 0. The number of carbonyl (C=O) groups excluding carboxylic acids is 1. The summed E-state index contributed by atoms with van der Waals surface area (Å²) in [5, 5.41) is 11.3. The van der Waals surface area contributed by atoms with Crippen molar-refractivity contribution in [3.63, 3.8) is 0 Å². The molecule has 8 nitrogen and oxygen atoms in total. The summed E-state index contributed by atoms with van der Waals surface area (Å²) in [6, 6.07) is 12.4. The summed E-state index contributed by atoms with van der Waals surface area (Å²) in [6.07, 6.45) is 3.48. The van der Waals surface area contributed by atoms with E-state index < -0.39 is 10.9 Å². The van der Waals surface area contributed by atoms with E-state index in [1.165, 1.54) is 24.8 Å². The van der Waals surface area contributed by atoms with Gasteiger partial charge in [0.2, 0.25) is 5.90 Å². The second-order valence-electron chi connectivity index (χ2n) is 7.76. The molecule has 0 amide bonds. The average Bonchev–Trinajstić information content (AvgIpc) is 3.21. The molecule has 8 heteroatoms. The third kappa shape index (κ3) is 3.35. The zero-order valence-corrected chi connectivity index (χ0v) is 17.6. The Labute approximate surface area is 179 Å². The molecule has 2 aromatic carbocycles. The van der Waals surface area contributed by atoms with Crippen LogP contribution in [0.4, 0.5) is 11.4 Å². The fourth-order valence-electron chi connectivity index (χ4n) is 3.97. The van der Waals surface area contributed by atoms with Crippen LogP contribution >= 0.6 is 0 Å². The smallest absolute Gasteiger partial charge is 0.363 e. The highest BCUT2D eigenvalue weighted by Crippen LogP contribution is 2.46. The van der Waals surface area contributed by atoms with Gasteiger partial charge in [-0.15, -0.1) is 0 Å². The lowest BCUT2D eigenvalue weighted by Gasteiger charge is -2.23. The summed E-state index contributed by atoms with van der Waals surface area (Å²) in [6.45, 7) is 4.25. The van der Waals surface area contributed by atoms with Gasteiger partial charge in [0, 0.05) is 35.5 Å². The van der Waals surface area contributed by atoms with Crippen molar-refractivity contribution in [1.82, 2.24) is 0 Å². The third-order valence-corrected chi connectivity index (χ3v) is 5.58. The quantitative estimate of drug-likeness (QED) is 0.320. The van der Waals surface area contributed by atoms with Gasteiger partial charge in [-0.05, 0) is 35.9 Å². The highest BCUT2D eigenvalue weighted by Gasteiger charge is 2.38. The number of hydrogen-bond donors (Lipinski definition) is 0. The predicted molar refractivity (Wildman–Crippen MR) is 116 cm³/mol. The highest BCUT2D eigenvalue weighted by molar-refractivity contribution is 6.11. The van der Waals surface area contributed by atoms with E-state index in [4.69, 9.17) is 9.47 Å². The summed E-state index contributed by atoms with van der Waals surface area (Å²) < 4.78 is 10.3. The Morgan fingerprint density at radius 2 is 1.94 bits per heavy atom. The monoisotopic (exact) mass is 419 g/mol. The number of benzene rings is 2. The zero-order chi connectivity index (χ0) is 22.3. The van der Waals surface area contributed by atoms with Crippen LogP contribution in [-0.2, 0) is 14.9 Å². The fourth-order valence-corrected chi connectivity index (χ4v) is 3.97. The standard InChI is InChI=1S/C23H21N3O5/c1-23(2)15-7-5-6-8-17(15)25(3)20(23)12-10-16-22(27)31-21(24-16)14-9-11-19(30-4)18(13-14)26(28)29/h5-13H,1-4H3. The van der Waals surface area contributed by atoms with Crippen molar-refractivity contribution in [3.05, 3.63) is 87.3 Å². The van der Waals surface area contributed by atoms with Gasteiger partial charge in [0.25, 0.3) is 0 Å². The van der Waals surface area contributed by atoms with Crippen molar-refractivity contribution in [3.8, 4) is 5.75 Å². The van der Waals surface area contributed by atoms with Crippen molar-refractivity contribution in [1.29, 1.82) is 0 Å². The molecule has 2 aliphatic rings. The molecule has 2 aliphatic heterocycles. The molecule has 2 heterocycles. The lowest BCUT2D eigenvalue weighted by Crippen LogP contribution is -2.22. The van der Waals surface area contributed by atoms with Gasteiger partial charge in [0.05, 0.1) is 12.0 Å². The summed E-state index contributed by atoms with van der Waals surface area (Å²) in [5.74, 6) is -0.478. The Hall–Kier alpha value is -3.94. The number of nitrogens with zero attached hydrogens (tertiary/aromatic N) is 3. The minimum Gasteiger partial charge on any atom is -0.490 e. The molecule has 0 aliphatic carbocycles. The summed E-state index contributed by atoms with van der Waals surface area (Å²) in [5.41, 5.74) is 3.30. The maximum Gasteiger partial charge on any atom is 0.363 e. The number of methoxy groups -OCH3 is 1. The molecule has 0 saturated carbocycles. The van der Waals surface area contributed by atoms with Gasteiger partial charge in [-0.1, -0.05) is 32.0 Å². The number of nitro groups is 1. The third-order valence-electron chi connectivity index (χ3n) is 5.58. The molecule has 31 heavy (non-hydrogen) atoms. The first-order valence-corrected chi connectivity index (χ1v) is 9.63. The minimum absolute atomic E-state index is 0.0164. The second-order valence-corrected chi connectivity index (χ2v) is 7.76. The van der Waals surface area contributed by atoms with Gasteiger partial charge in [0.15, 0.2) is 11.4 Å². The molecule has 0 N–H and O–H groups in total. The number of ether oxygens (including phenoxy) is 2. The molecule has 158 valence electrons. The van der Waals surface area contributed by atoms with Crippen LogP contribution in [0.1, 0.15) is 25.0 Å². The number of likely N-dealkylation sites (N-methyl/N-ethyl adjacent to an activating group) is 1. The molecule has 0 bridgehead atoms. The van der Waals surface area contributed by atoms with E-state index in [1.807, 2.05) is 25.3 Å². The van der Waals surface area contributed by atoms with Crippen molar-refractivity contribution in [2.24, 2.45) is 4.99 Å². The molecule has 0 atom stereocenters. The molecule has 0 radical (unpaired) electrons. The molecular formula is C23H21N3O5. The minimum atomic E-state index is -0.610. The normalized spacial score (nSPS) is 19.4. The van der Waals surface area contributed by atoms with Crippen LogP contribution < -0.4 is 9.64 Å². The van der Waals surface area contributed by atoms with Gasteiger partial charge in [0.1, 0.15) is 0 Å². The Morgan fingerprint density at radius 1 is 1.19 bits per heavy atom. The van der Waals surface area contributed by atoms with Crippen LogP contribution in [0.3, 0.4) is 0 Å². The van der Waals surface area contributed by atoms with Crippen LogP contribution in [0, 0.1) is 10.1 Å². The van der Waals surface area contributed by atoms with Crippen LogP contribution in [-0.4, -0.2) is 30.9 Å². The summed E-state index contributed by atoms with van der Waals surface area (Å²) in [4.78, 5) is 29.4. The van der Waals surface area contributed by atoms with Crippen LogP contribution in [0.5, 0.6) is 5.75 Å². The molecule has 0 aromatic heterocycles. The average molecular weight is 419 g/mol. The van der Waals surface area contributed by atoms with E-state index in [0.717, 1.165) is 11.4 Å². The lowest BCUT2D eigenvalue weighted by molar-refractivity contribution is -0.385. The molecule has 0 spiro atoms. The highest BCUT2D eigenvalue weighted by atomic mass is 16.6. The van der Waals surface area contributed by atoms with Gasteiger partial charge in [-0.2, -0.15) is 0 Å². The topological polar surface area (TPSA) is 94.3 Å². The molecule has 4 rings (SSSR count). The van der Waals surface area contributed by atoms with E-state index in [-0.39, 0.29) is 28.4 Å². The fraction of sp³-hybridized carbons (Fsp3) is 0.217. The van der Waals surface area contributed by atoms with Gasteiger partial charge < -0.3 is 14.4 Å². The first-order valence-electron chi connectivity index (χ1n) is 9.63. The second kappa shape index (κ2) is 7.39. The van der Waals surface area contributed by atoms with E-state index >= 15 is 0 Å². The number of aliphatic imine (C=N–C) groups is 1. The van der Waals surface area contributed by atoms with E-state index in [2.05, 4.69) is 35.9 Å². The molecule has 0 fully saturated rings. The molecule has 0 unspecified atom stereocenters. The van der Waals surface area contributed by atoms with Crippen molar-refractivity contribution in [2.45, 2.75) is 19.3 Å². The molecular weight excluding hydrogens is 398 g/mol. The van der Waals surface area contributed by atoms with E-state index in [9.17, 15) is 14.9 Å². The Morgan fingerprint density at radius 3 is 2.61 bits per heavy atom. The number of anilines is 1. The van der Waals surface area contributed by atoms with Gasteiger partial charge >= 0.3 is 11.7 Å². The Kier molecular flexibility index (Phi) is 4.85. The van der Waals surface area contributed by atoms with Gasteiger partial charge in [-0.25, -0.2) is 9.79 Å². The number of fused-ring (bicyclic) bond motifs is 1. The predicted octanol–water partition coefficient (Wildman–Crippen LogP) is 4.10. The molecule has 0 saturated heterocycles. The molecule has 2 aromatic rings. The maximum absolute atomic E-state index is 12.4. The van der Waals surface area contributed by atoms with Crippen molar-refractivity contribution >= 4 is 23.2 Å². The SMILES string of the molecule is COc1ccc(C2=NC(=CC=C3N(C)c4ccccc4C3(C)C)C(=O)O2)cc1[N+](=O)[O-]. The first kappa shape index (κ1) is 20.3. The van der Waals surface area contributed by atoms with Crippen LogP contribution in [0.25, 0.3) is 0 Å². The Balaban J connectivity index is 1.68. The van der Waals surface area contributed by atoms with E-state index in [1.54, 1.807) is 12.1 Å². The van der Waals surface area contributed by atoms with Crippen LogP contribution in [0.2, 0.25) is 0 Å². The van der Waals surface area contributed by atoms with Crippen LogP contribution in [0.15, 0.2) is 71.0 Å². The van der Waals surface area contributed by atoms with Crippen molar-refractivity contribution in [2.75, 3.05) is 19.1 Å². The number of allylic oxidation sites excluding steroid dienone is 3. The number of rotatable bonds is 4. The number of esters is 1. The Bertz CT molecular complexity index is 1190.